The van der Waals surface area contributed by atoms with Crippen LogP contribution in [-0.2, 0) is 14.3 Å². The highest BCUT2D eigenvalue weighted by Gasteiger charge is 2.17. The highest BCUT2D eigenvalue weighted by atomic mass is 16.5. The van der Waals surface area contributed by atoms with Crippen molar-refractivity contribution in [3.63, 3.8) is 0 Å². The van der Waals surface area contributed by atoms with Gasteiger partial charge in [0.2, 0.25) is 0 Å². The standard InChI is InChI=1S/C9H17NO4/c1-3-14-9(13)6-8(7(2)12)10-4-5-11/h8,10-11H,3-6H2,1-2H3. The van der Waals surface area contributed by atoms with E-state index in [1.165, 1.54) is 6.92 Å². The summed E-state index contributed by atoms with van der Waals surface area (Å²) < 4.78 is 4.71. The normalized spacial score (nSPS) is 12.2. The van der Waals surface area contributed by atoms with Gasteiger partial charge in [0, 0.05) is 6.54 Å². The molecule has 0 radical (unpaired) electrons. The van der Waals surface area contributed by atoms with Crippen LogP contribution in [0.15, 0.2) is 0 Å². The monoisotopic (exact) mass is 203 g/mol. The van der Waals surface area contributed by atoms with Gasteiger partial charge in [-0.3, -0.25) is 9.59 Å². The van der Waals surface area contributed by atoms with Crippen molar-refractivity contribution >= 4 is 11.8 Å². The number of hydrogen-bond acceptors (Lipinski definition) is 5. The lowest BCUT2D eigenvalue weighted by Gasteiger charge is -2.13. The van der Waals surface area contributed by atoms with Crippen molar-refractivity contribution in [2.75, 3.05) is 19.8 Å². The van der Waals surface area contributed by atoms with Gasteiger partial charge in [-0.1, -0.05) is 0 Å². The molecule has 0 aliphatic heterocycles. The minimum absolute atomic E-state index is 0.0170. The third-order valence-electron chi connectivity index (χ3n) is 1.67. The molecule has 2 N–H and O–H groups in total. The molecule has 0 amide bonds. The fourth-order valence-electron chi connectivity index (χ4n) is 0.985. The number of carbonyl (C=O) groups is 2. The largest absolute Gasteiger partial charge is 0.466 e. The lowest BCUT2D eigenvalue weighted by Crippen LogP contribution is -2.39. The summed E-state index contributed by atoms with van der Waals surface area (Å²) in [4.78, 5) is 22.1. The molecule has 0 rings (SSSR count). The summed E-state index contributed by atoms with van der Waals surface area (Å²) in [7, 11) is 0. The smallest absolute Gasteiger partial charge is 0.307 e. The van der Waals surface area contributed by atoms with Crippen molar-refractivity contribution in [2.24, 2.45) is 0 Å². The SMILES string of the molecule is CCOC(=O)CC(NCCO)C(C)=O. The van der Waals surface area contributed by atoms with E-state index in [0.29, 0.717) is 13.2 Å². The second-order valence-corrected chi connectivity index (χ2v) is 2.85. The van der Waals surface area contributed by atoms with Gasteiger partial charge in [0.1, 0.15) is 5.78 Å². The number of ether oxygens (including phenoxy) is 1. The Morgan fingerprint density at radius 3 is 2.57 bits per heavy atom. The van der Waals surface area contributed by atoms with Gasteiger partial charge in [0.05, 0.1) is 25.7 Å². The molecule has 0 saturated heterocycles. The number of Topliss-reactive ketones (excluding diaryl/α,β-unsaturated/α-hetero) is 1. The van der Waals surface area contributed by atoms with Crippen LogP contribution >= 0.6 is 0 Å². The van der Waals surface area contributed by atoms with Gasteiger partial charge < -0.3 is 15.2 Å². The van der Waals surface area contributed by atoms with Gasteiger partial charge in [-0.25, -0.2) is 0 Å². The molecule has 5 heteroatoms. The van der Waals surface area contributed by atoms with Gasteiger partial charge in [-0.15, -0.1) is 0 Å². The quantitative estimate of drug-likeness (QED) is 0.544. The van der Waals surface area contributed by atoms with Crippen LogP contribution in [0.5, 0.6) is 0 Å². The Morgan fingerprint density at radius 2 is 2.14 bits per heavy atom. The molecule has 5 nitrogen and oxygen atoms in total. The van der Waals surface area contributed by atoms with E-state index in [2.05, 4.69) is 5.32 Å². The second kappa shape index (κ2) is 7.46. The Bertz CT molecular complexity index is 193. The van der Waals surface area contributed by atoms with Gasteiger partial charge >= 0.3 is 5.97 Å². The van der Waals surface area contributed by atoms with Crippen LogP contribution < -0.4 is 5.32 Å². The molecule has 82 valence electrons. The highest BCUT2D eigenvalue weighted by Crippen LogP contribution is 1.96. The van der Waals surface area contributed by atoms with Gasteiger partial charge in [-0.05, 0) is 13.8 Å². The first-order chi connectivity index (χ1) is 6.61. The number of hydrogen-bond donors (Lipinski definition) is 2. The molecule has 0 heterocycles. The van der Waals surface area contributed by atoms with E-state index >= 15 is 0 Å². The van der Waals surface area contributed by atoms with Crippen LogP contribution in [0, 0.1) is 0 Å². The first kappa shape index (κ1) is 13.1. The number of esters is 1. The molecule has 0 saturated carbocycles. The summed E-state index contributed by atoms with van der Waals surface area (Å²) in [6.07, 6.45) is 0.0170. The van der Waals surface area contributed by atoms with E-state index in [0.717, 1.165) is 0 Å². The molecule has 0 aromatic carbocycles. The van der Waals surface area contributed by atoms with Crippen LogP contribution in [0.4, 0.5) is 0 Å². The van der Waals surface area contributed by atoms with Gasteiger partial charge in [0.15, 0.2) is 0 Å². The minimum atomic E-state index is -0.554. The predicted octanol–water partition coefficient (Wildman–Crippen LogP) is -0.521. The maximum atomic E-state index is 11.0. The zero-order valence-electron chi connectivity index (χ0n) is 8.58. The van der Waals surface area contributed by atoms with Crippen molar-refractivity contribution in [3.05, 3.63) is 0 Å². The molecule has 1 atom stereocenters. The van der Waals surface area contributed by atoms with Crippen molar-refractivity contribution in [2.45, 2.75) is 26.3 Å². The molecule has 0 aromatic heterocycles. The summed E-state index contributed by atoms with van der Waals surface area (Å²) in [5.41, 5.74) is 0. The Labute approximate surface area is 83.4 Å². The summed E-state index contributed by atoms with van der Waals surface area (Å²) in [5, 5.41) is 11.3. The van der Waals surface area contributed by atoms with Crippen LogP contribution in [0.25, 0.3) is 0 Å². The Balaban J connectivity index is 3.95. The van der Waals surface area contributed by atoms with Crippen molar-refractivity contribution < 1.29 is 19.4 Å². The van der Waals surface area contributed by atoms with E-state index in [1.807, 2.05) is 0 Å². The fraction of sp³-hybridized carbons (Fsp3) is 0.778. The third kappa shape index (κ3) is 5.66. The molecule has 0 spiro atoms. The van der Waals surface area contributed by atoms with Crippen LogP contribution in [0.1, 0.15) is 20.3 Å². The van der Waals surface area contributed by atoms with Crippen molar-refractivity contribution in [3.8, 4) is 0 Å². The molecule has 0 bridgehead atoms. The van der Waals surface area contributed by atoms with Gasteiger partial charge in [-0.2, -0.15) is 0 Å². The number of carbonyl (C=O) groups excluding carboxylic acids is 2. The molecule has 1 unspecified atom stereocenters. The topological polar surface area (TPSA) is 75.6 Å². The number of nitrogens with one attached hydrogen (secondary N) is 1. The molecule has 0 aliphatic rings. The predicted molar refractivity (Wildman–Crippen MR) is 50.8 cm³/mol. The summed E-state index contributed by atoms with van der Waals surface area (Å²) in [6, 6.07) is -0.554. The molecular weight excluding hydrogens is 186 g/mol. The lowest BCUT2D eigenvalue weighted by atomic mass is 10.1. The van der Waals surface area contributed by atoms with Crippen molar-refractivity contribution in [1.29, 1.82) is 0 Å². The third-order valence-corrected chi connectivity index (χ3v) is 1.67. The van der Waals surface area contributed by atoms with E-state index in [-0.39, 0.29) is 18.8 Å². The Morgan fingerprint density at radius 1 is 1.50 bits per heavy atom. The van der Waals surface area contributed by atoms with E-state index in [1.54, 1.807) is 6.92 Å². The minimum Gasteiger partial charge on any atom is -0.466 e. The van der Waals surface area contributed by atoms with E-state index < -0.39 is 12.0 Å². The molecular formula is C9H17NO4. The van der Waals surface area contributed by atoms with Gasteiger partial charge in [0.25, 0.3) is 0 Å². The van der Waals surface area contributed by atoms with E-state index in [4.69, 9.17) is 9.84 Å². The number of rotatable bonds is 7. The Kier molecular flexibility index (Phi) is 6.96. The summed E-state index contributed by atoms with van der Waals surface area (Å²) in [6.45, 7) is 3.65. The molecule has 14 heavy (non-hydrogen) atoms. The number of aliphatic hydroxyl groups is 1. The number of aliphatic hydroxyl groups excluding tert-OH is 1. The fourth-order valence-corrected chi connectivity index (χ4v) is 0.985. The highest BCUT2D eigenvalue weighted by molar-refractivity contribution is 5.86. The first-order valence-corrected chi connectivity index (χ1v) is 4.62. The lowest BCUT2D eigenvalue weighted by molar-refractivity contribution is -0.145. The average molecular weight is 203 g/mol. The summed E-state index contributed by atoms with van der Waals surface area (Å²) >= 11 is 0. The second-order valence-electron chi connectivity index (χ2n) is 2.85. The molecule has 0 aliphatic carbocycles. The zero-order valence-corrected chi connectivity index (χ0v) is 8.58. The maximum absolute atomic E-state index is 11.0. The molecule has 0 fully saturated rings. The maximum Gasteiger partial charge on any atom is 0.307 e. The first-order valence-electron chi connectivity index (χ1n) is 4.62. The zero-order chi connectivity index (χ0) is 11.0. The molecule has 0 aromatic rings. The van der Waals surface area contributed by atoms with Crippen LogP contribution in [-0.4, -0.2) is 42.7 Å². The average Bonchev–Trinajstić information content (AvgIpc) is 2.12. The van der Waals surface area contributed by atoms with E-state index in [9.17, 15) is 9.59 Å². The van der Waals surface area contributed by atoms with Crippen LogP contribution in [0.3, 0.4) is 0 Å². The Hall–Kier alpha value is -0.940. The van der Waals surface area contributed by atoms with Crippen molar-refractivity contribution in [1.82, 2.24) is 5.32 Å². The van der Waals surface area contributed by atoms with Crippen LogP contribution in [0.2, 0.25) is 0 Å². The number of ketones is 1. The summed E-state index contributed by atoms with van der Waals surface area (Å²) in [5.74, 6) is -0.537.